The number of nitro groups is 1. The molecule has 0 atom stereocenters. The maximum Gasteiger partial charge on any atom is 0.270 e. The Labute approximate surface area is 172 Å². The number of benzene rings is 1. The van der Waals surface area contributed by atoms with E-state index in [2.05, 4.69) is 20.1 Å². The molecule has 0 aliphatic carbocycles. The zero-order valence-corrected chi connectivity index (χ0v) is 16.6. The van der Waals surface area contributed by atoms with Crippen LogP contribution in [0.15, 0.2) is 18.2 Å². The fourth-order valence-corrected chi connectivity index (χ4v) is 3.97. The van der Waals surface area contributed by atoms with Gasteiger partial charge in [-0.3, -0.25) is 14.9 Å². The van der Waals surface area contributed by atoms with Crippen molar-refractivity contribution >= 4 is 35.6 Å². The average Bonchev–Trinajstić information content (AvgIpc) is 3.11. The Kier molecular flexibility index (Phi) is 6.17. The van der Waals surface area contributed by atoms with Crippen molar-refractivity contribution in [2.45, 2.75) is 31.8 Å². The van der Waals surface area contributed by atoms with Crippen LogP contribution in [-0.2, 0) is 13.1 Å². The van der Waals surface area contributed by atoms with Gasteiger partial charge in [-0.2, -0.15) is 0 Å². The van der Waals surface area contributed by atoms with Crippen molar-refractivity contribution in [1.82, 2.24) is 25.0 Å². The number of amides is 1. The number of non-ortho nitro benzene ring substituents is 1. The molecule has 0 unspecified atom stereocenters. The number of hydrogen-bond donors (Lipinski definition) is 1. The Hall–Kier alpha value is -2.23. The lowest BCUT2D eigenvalue weighted by Gasteiger charge is -2.32. The first-order chi connectivity index (χ1) is 13.0. The summed E-state index contributed by atoms with van der Waals surface area (Å²) < 4.78 is 2.19. The van der Waals surface area contributed by atoms with Gasteiger partial charge >= 0.3 is 0 Å². The van der Waals surface area contributed by atoms with E-state index in [1.807, 2.05) is 0 Å². The Balaban J connectivity index is 0.00000225. The summed E-state index contributed by atoms with van der Waals surface area (Å²) in [5.74, 6) is 2.06. The number of hydrogen-bond acceptors (Lipinski definition) is 6. The van der Waals surface area contributed by atoms with Crippen LogP contribution in [-0.4, -0.2) is 50.1 Å². The molecule has 1 amide bonds. The highest BCUT2D eigenvalue weighted by atomic mass is 35.5. The number of likely N-dealkylation sites (tertiary alicyclic amines) is 1. The molecule has 1 aromatic carbocycles. The summed E-state index contributed by atoms with van der Waals surface area (Å²) >= 11 is 6.10. The number of carbonyl (C=O) groups excluding carboxylic acids is 1. The molecule has 2 aliphatic heterocycles. The minimum atomic E-state index is -0.527. The number of piperidine rings is 1. The molecule has 0 spiro atoms. The summed E-state index contributed by atoms with van der Waals surface area (Å²) in [4.78, 5) is 24.8. The first-order valence-electron chi connectivity index (χ1n) is 8.90. The minimum absolute atomic E-state index is 0. The molecule has 11 heteroatoms. The third-order valence-corrected chi connectivity index (χ3v) is 5.51. The number of nitrogens with zero attached hydrogens (tertiary/aromatic N) is 5. The van der Waals surface area contributed by atoms with E-state index in [4.69, 9.17) is 11.6 Å². The fourth-order valence-electron chi connectivity index (χ4n) is 3.72. The van der Waals surface area contributed by atoms with Crippen molar-refractivity contribution in [2.24, 2.45) is 0 Å². The van der Waals surface area contributed by atoms with E-state index in [1.165, 1.54) is 18.2 Å². The van der Waals surface area contributed by atoms with Crippen LogP contribution < -0.4 is 5.32 Å². The number of fused-ring (bicyclic) bond motifs is 1. The second-order valence-electron chi connectivity index (χ2n) is 6.79. The van der Waals surface area contributed by atoms with Crippen LogP contribution in [0.4, 0.5) is 5.69 Å². The third-order valence-electron chi connectivity index (χ3n) is 5.19. The topological polar surface area (TPSA) is 106 Å². The van der Waals surface area contributed by atoms with Crippen molar-refractivity contribution in [3.63, 3.8) is 0 Å². The van der Waals surface area contributed by atoms with Gasteiger partial charge in [-0.15, -0.1) is 22.6 Å². The van der Waals surface area contributed by atoms with Crippen molar-refractivity contribution in [3.05, 3.63) is 50.5 Å². The summed E-state index contributed by atoms with van der Waals surface area (Å²) in [6.45, 7) is 3.71. The van der Waals surface area contributed by atoms with Gasteiger partial charge in [0.05, 0.1) is 22.1 Å². The lowest BCUT2D eigenvalue weighted by atomic mass is 9.95. The maximum atomic E-state index is 12.8. The van der Waals surface area contributed by atoms with Crippen LogP contribution in [0, 0.1) is 10.1 Å². The van der Waals surface area contributed by atoms with Crippen LogP contribution in [0.25, 0.3) is 0 Å². The SMILES string of the molecule is Cl.O=C(c1ccc([N+](=O)[O-])cc1Cl)N1CCC(c2nnc3n2CCNC3)CC1. The Morgan fingerprint density at radius 1 is 1.25 bits per heavy atom. The molecular weight excluding hydrogens is 407 g/mol. The number of carbonyl (C=O) groups is 1. The van der Waals surface area contributed by atoms with E-state index in [0.717, 1.165) is 44.1 Å². The molecule has 9 nitrogen and oxygen atoms in total. The number of aromatic nitrogens is 3. The van der Waals surface area contributed by atoms with Gasteiger partial charge in [0.15, 0.2) is 0 Å². The number of nitrogens with one attached hydrogen (secondary N) is 1. The molecule has 0 bridgehead atoms. The smallest absolute Gasteiger partial charge is 0.270 e. The van der Waals surface area contributed by atoms with E-state index in [9.17, 15) is 14.9 Å². The predicted molar refractivity (Wildman–Crippen MR) is 105 cm³/mol. The summed E-state index contributed by atoms with van der Waals surface area (Å²) in [5.41, 5.74) is 0.174. The van der Waals surface area contributed by atoms with Gasteiger partial charge in [0.25, 0.3) is 11.6 Å². The minimum Gasteiger partial charge on any atom is -0.339 e. The highest BCUT2D eigenvalue weighted by Gasteiger charge is 2.30. The predicted octanol–water partition coefficient (Wildman–Crippen LogP) is 2.38. The molecule has 2 aliphatic rings. The number of halogens is 2. The van der Waals surface area contributed by atoms with Crippen LogP contribution in [0.2, 0.25) is 5.02 Å². The van der Waals surface area contributed by atoms with Gasteiger partial charge in [0.1, 0.15) is 11.6 Å². The van der Waals surface area contributed by atoms with E-state index in [0.29, 0.717) is 18.7 Å². The van der Waals surface area contributed by atoms with Crippen molar-refractivity contribution in [2.75, 3.05) is 19.6 Å². The molecular formula is C17H20Cl2N6O3. The number of rotatable bonds is 3. The van der Waals surface area contributed by atoms with Crippen LogP contribution in [0.3, 0.4) is 0 Å². The zero-order valence-electron chi connectivity index (χ0n) is 15.0. The Morgan fingerprint density at radius 3 is 2.68 bits per heavy atom. The summed E-state index contributed by atoms with van der Waals surface area (Å²) in [7, 11) is 0. The lowest BCUT2D eigenvalue weighted by molar-refractivity contribution is -0.384. The Bertz CT molecular complexity index is 895. The second kappa shape index (κ2) is 8.42. The number of nitro benzene ring substituents is 1. The average molecular weight is 427 g/mol. The van der Waals surface area contributed by atoms with Crippen molar-refractivity contribution < 1.29 is 9.72 Å². The van der Waals surface area contributed by atoms with E-state index >= 15 is 0 Å². The molecule has 1 aromatic heterocycles. The first-order valence-corrected chi connectivity index (χ1v) is 9.28. The molecule has 1 N–H and O–H groups in total. The first kappa shape index (κ1) is 20.5. The molecule has 28 heavy (non-hydrogen) atoms. The molecule has 1 saturated heterocycles. The third kappa shape index (κ3) is 3.82. The largest absolute Gasteiger partial charge is 0.339 e. The summed E-state index contributed by atoms with van der Waals surface area (Å²) in [6, 6.07) is 3.96. The van der Waals surface area contributed by atoms with Gasteiger partial charge in [-0.1, -0.05) is 11.6 Å². The Morgan fingerprint density at radius 2 is 2.00 bits per heavy atom. The molecule has 4 rings (SSSR count). The van der Waals surface area contributed by atoms with Crippen molar-refractivity contribution in [1.29, 1.82) is 0 Å². The monoisotopic (exact) mass is 426 g/mol. The molecule has 150 valence electrons. The van der Waals surface area contributed by atoms with Gasteiger partial charge in [-0.25, -0.2) is 0 Å². The summed E-state index contributed by atoms with van der Waals surface area (Å²) in [5, 5.41) is 22.9. The maximum absolute atomic E-state index is 12.8. The van der Waals surface area contributed by atoms with Gasteiger partial charge in [0, 0.05) is 44.2 Å². The van der Waals surface area contributed by atoms with Gasteiger partial charge in [-0.05, 0) is 18.9 Å². The molecule has 0 saturated carbocycles. The van der Waals surface area contributed by atoms with E-state index in [1.54, 1.807) is 4.90 Å². The highest BCUT2D eigenvalue weighted by molar-refractivity contribution is 6.34. The molecule has 1 fully saturated rings. The lowest BCUT2D eigenvalue weighted by Crippen LogP contribution is -2.39. The van der Waals surface area contributed by atoms with Crippen molar-refractivity contribution in [3.8, 4) is 0 Å². The molecule has 0 radical (unpaired) electrons. The van der Waals surface area contributed by atoms with Gasteiger partial charge in [0.2, 0.25) is 0 Å². The zero-order chi connectivity index (χ0) is 19.0. The normalized spacial score (nSPS) is 17.0. The van der Waals surface area contributed by atoms with Gasteiger partial charge < -0.3 is 14.8 Å². The highest BCUT2D eigenvalue weighted by Crippen LogP contribution is 2.30. The fraction of sp³-hybridized carbons (Fsp3) is 0.471. The van der Waals surface area contributed by atoms with Crippen LogP contribution in [0.5, 0.6) is 0 Å². The standard InChI is InChI=1S/C17H19ClN6O3.ClH/c18-14-9-12(24(26)27)1-2-13(14)17(25)22-6-3-11(4-7-22)16-21-20-15-10-19-5-8-23(15)16;/h1-2,9,11,19H,3-8,10H2;1H. The van der Waals surface area contributed by atoms with Crippen LogP contribution >= 0.6 is 24.0 Å². The quantitative estimate of drug-likeness (QED) is 0.596. The molecule has 2 aromatic rings. The molecule has 3 heterocycles. The summed E-state index contributed by atoms with van der Waals surface area (Å²) in [6.07, 6.45) is 1.61. The van der Waals surface area contributed by atoms with E-state index in [-0.39, 0.29) is 34.9 Å². The van der Waals surface area contributed by atoms with E-state index < -0.39 is 4.92 Å². The van der Waals surface area contributed by atoms with Crippen LogP contribution in [0.1, 0.15) is 40.8 Å². The second-order valence-corrected chi connectivity index (χ2v) is 7.20.